The fraction of sp³-hybridized carbons (Fsp3) is 0.282. The van der Waals surface area contributed by atoms with Crippen LogP contribution in [0.3, 0.4) is 0 Å². The number of rotatable bonds is 21. The lowest BCUT2D eigenvalue weighted by molar-refractivity contribution is -0.139. The minimum atomic E-state index is -1.27. The van der Waals surface area contributed by atoms with Gasteiger partial charge in [-0.1, -0.05) is 18.2 Å². The third-order valence-electron chi connectivity index (χ3n) is 8.43. The number of carbonyl (C=O) groups excluding carboxylic acids is 2. The maximum absolute atomic E-state index is 12.8. The molecule has 0 radical (unpaired) electrons. The van der Waals surface area contributed by atoms with Crippen LogP contribution in [0, 0.1) is 11.3 Å². The fourth-order valence-corrected chi connectivity index (χ4v) is 6.04. The molecule has 0 aliphatic rings. The maximum Gasteiger partial charge on any atom is 0.326 e. The van der Waals surface area contributed by atoms with Crippen LogP contribution in [0.25, 0.3) is 22.8 Å². The van der Waals surface area contributed by atoms with Crippen LogP contribution in [0.15, 0.2) is 77.0 Å². The number of hydrogen-bond donors (Lipinski definition) is 6. The summed E-state index contributed by atoms with van der Waals surface area (Å²) in [4.78, 5) is 66.8. The van der Waals surface area contributed by atoms with Gasteiger partial charge in [0.2, 0.25) is 11.9 Å². The SMILES string of the molecule is CN(CCOCCOCCNC(=O)CCC(NC(=O)c1ccc(NCc2cnc3nc(N)[nH]c(=O)c3n2)cc1)C(=O)O)c1ccc(/C=C(\C#N)c2cccs2)cc1. The van der Waals surface area contributed by atoms with Crippen molar-refractivity contribution in [1.29, 1.82) is 5.26 Å². The van der Waals surface area contributed by atoms with Crippen molar-refractivity contribution in [2.24, 2.45) is 0 Å². The number of nitrogen functional groups attached to an aromatic ring is 1. The highest BCUT2D eigenvalue weighted by molar-refractivity contribution is 7.11. The number of benzene rings is 2. The van der Waals surface area contributed by atoms with E-state index in [4.69, 9.17) is 15.2 Å². The fourth-order valence-electron chi connectivity index (χ4n) is 5.35. The van der Waals surface area contributed by atoms with Gasteiger partial charge in [0.25, 0.3) is 11.5 Å². The topological polar surface area (TPSA) is 251 Å². The Bertz CT molecular complexity index is 2260. The van der Waals surface area contributed by atoms with Gasteiger partial charge in [-0.15, -0.1) is 11.3 Å². The van der Waals surface area contributed by atoms with E-state index in [2.05, 4.69) is 46.9 Å². The third kappa shape index (κ3) is 12.7. The van der Waals surface area contributed by atoms with Crippen LogP contribution in [0.2, 0.25) is 0 Å². The Labute approximate surface area is 331 Å². The second-order valence-electron chi connectivity index (χ2n) is 12.6. The Balaban J connectivity index is 0.921. The van der Waals surface area contributed by atoms with E-state index in [1.165, 1.54) is 29.7 Å². The van der Waals surface area contributed by atoms with E-state index in [-0.39, 0.29) is 61.1 Å². The van der Waals surface area contributed by atoms with E-state index in [0.717, 1.165) is 16.1 Å². The van der Waals surface area contributed by atoms with Crippen LogP contribution >= 0.6 is 11.3 Å². The number of likely N-dealkylation sites (N-methyl/N-ethyl adjacent to an activating group) is 1. The van der Waals surface area contributed by atoms with Crippen LogP contribution < -0.4 is 32.1 Å². The van der Waals surface area contributed by atoms with Crippen molar-refractivity contribution in [2.45, 2.75) is 25.4 Å². The molecular formula is C39H42N10O7S. The summed E-state index contributed by atoms with van der Waals surface area (Å²) < 4.78 is 11.2. The van der Waals surface area contributed by atoms with Crippen molar-refractivity contribution in [2.75, 3.05) is 62.5 Å². The number of allylic oxidation sites excluding steroid dienone is 1. The Morgan fingerprint density at radius 2 is 1.81 bits per heavy atom. The second-order valence-corrected chi connectivity index (χ2v) is 13.5. The quantitative estimate of drug-likeness (QED) is 0.0461. The molecule has 0 spiro atoms. The minimum Gasteiger partial charge on any atom is -0.480 e. The number of carboxylic acid groups (broad SMARTS) is 1. The van der Waals surface area contributed by atoms with Crippen molar-refractivity contribution in [3.8, 4) is 6.07 Å². The lowest BCUT2D eigenvalue weighted by Gasteiger charge is -2.19. The lowest BCUT2D eigenvalue weighted by atomic mass is 10.1. The summed E-state index contributed by atoms with van der Waals surface area (Å²) in [6, 6.07) is 19.1. The summed E-state index contributed by atoms with van der Waals surface area (Å²) >= 11 is 1.53. The van der Waals surface area contributed by atoms with E-state index in [9.17, 15) is 29.5 Å². The second kappa shape index (κ2) is 20.8. The summed E-state index contributed by atoms with van der Waals surface area (Å²) in [6.07, 6.45) is 3.12. The monoisotopic (exact) mass is 794 g/mol. The summed E-state index contributed by atoms with van der Waals surface area (Å²) in [5.74, 6) is -2.29. The molecule has 0 saturated carbocycles. The van der Waals surface area contributed by atoms with Gasteiger partial charge >= 0.3 is 5.97 Å². The number of H-pyrrole nitrogens is 1. The van der Waals surface area contributed by atoms with E-state index >= 15 is 0 Å². The molecule has 5 aromatic rings. The molecule has 0 fully saturated rings. The number of aromatic nitrogens is 4. The van der Waals surface area contributed by atoms with Gasteiger partial charge in [-0.25, -0.2) is 14.8 Å². The first-order chi connectivity index (χ1) is 27.6. The van der Waals surface area contributed by atoms with Crippen molar-refractivity contribution < 1.29 is 29.0 Å². The molecule has 3 aromatic heterocycles. The molecule has 0 aliphatic heterocycles. The summed E-state index contributed by atoms with van der Waals surface area (Å²) in [6.45, 7) is 2.58. The van der Waals surface area contributed by atoms with Crippen molar-refractivity contribution in [3.63, 3.8) is 0 Å². The Morgan fingerprint density at radius 3 is 2.51 bits per heavy atom. The standard InChI is InChI=1S/C39H42N10O7S/c1-49(30-10-4-25(5-11-30)21-27(22-40)32-3-2-20-57-32)15-17-56-19-18-55-16-14-42-33(50)13-12-31(38(53)54)46-36(51)26-6-8-28(9-7-26)43-23-29-24-44-35-34(45-29)37(52)48-39(41)47-35/h2-11,20-21,24,31,43H,12-19,23H2,1H3,(H,42,50)(H,46,51)(H,53,54)(H3,41,44,47,48,52)/b27-21+. The molecule has 18 heteroatoms. The number of carbonyl (C=O) groups is 3. The number of nitriles is 1. The van der Waals surface area contributed by atoms with E-state index in [1.807, 2.05) is 54.9 Å². The van der Waals surface area contributed by atoms with Gasteiger partial charge in [-0.3, -0.25) is 19.4 Å². The highest BCUT2D eigenvalue weighted by atomic mass is 32.1. The molecular weight excluding hydrogens is 753 g/mol. The number of aromatic amines is 1. The third-order valence-corrected chi connectivity index (χ3v) is 9.34. The average Bonchev–Trinajstić information content (AvgIpc) is 3.75. The van der Waals surface area contributed by atoms with E-state index < -0.39 is 23.5 Å². The lowest BCUT2D eigenvalue weighted by Crippen LogP contribution is -2.41. The van der Waals surface area contributed by atoms with Gasteiger partial charge in [0, 0.05) is 48.4 Å². The Kier molecular flexibility index (Phi) is 15.2. The van der Waals surface area contributed by atoms with Gasteiger partial charge in [-0.2, -0.15) is 10.2 Å². The van der Waals surface area contributed by atoms with Crippen molar-refractivity contribution in [3.05, 3.63) is 104 Å². The number of fused-ring (bicyclic) bond motifs is 1. The highest BCUT2D eigenvalue weighted by Gasteiger charge is 2.22. The largest absolute Gasteiger partial charge is 0.480 e. The number of aliphatic carboxylic acids is 1. The highest BCUT2D eigenvalue weighted by Crippen LogP contribution is 2.23. The van der Waals surface area contributed by atoms with Crippen LogP contribution in [0.1, 0.15) is 39.3 Å². The first-order valence-corrected chi connectivity index (χ1v) is 18.8. The van der Waals surface area contributed by atoms with E-state index in [1.54, 1.807) is 12.1 Å². The summed E-state index contributed by atoms with van der Waals surface area (Å²) in [5, 5.41) is 29.4. The number of carboxylic acids is 1. The zero-order chi connectivity index (χ0) is 40.6. The number of ether oxygens (including phenoxy) is 2. The Morgan fingerprint density at radius 1 is 1.05 bits per heavy atom. The molecule has 7 N–H and O–H groups in total. The van der Waals surface area contributed by atoms with Crippen molar-refractivity contribution >= 4 is 69.3 Å². The maximum atomic E-state index is 12.8. The predicted octanol–water partition coefficient (Wildman–Crippen LogP) is 3.28. The van der Waals surface area contributed by atoms with Crippen LogP contribution in [0.5, 0.6) is 0 Å². The number of nitrogens with zero attached hydrogens (tertiary/aromatic N) is 5. The molecule has 3 heterocycles. The van der Waals surface area contributed by atoms with Gasteiger partial charge in [0.05, 0.1) is 50.4 Å². The van der Waals surface area contributed by atoms with E-state index in [0.29, 0.717) is 43.3 Å². The number of hydrogen-bond acceptors (Lipinski definition) is 14. The molecule has 2 aromatic carbocycles. The number of anilines is 3. The van der Waals surface area contributed by atoms with Gasteiger partial charge in [0.1, 0.15) is 12.1 Å². The number of nitrogens with one attached hydrogen (secondary N) is 4. The normalized spacial score (nSPS) is 11.8. The van der Waals surface area contributed by atoms with Crippen LogP contribution in [0.4, 0.5) is 17.3 Å². The Hall–Kier alpha value is -6.68. The smallest absolute Gasteiger partial charge is 0.326 e. The average molecular weight is 795 g/mol. The molecule has 0 saturated heterocycles. The predicted molar refractivity (Wildman–Crippen MR) is 216 cm³/mol. The molecule has 57 heavy (non-hydrogen) atoms. The number of nitrogens with two attached hydrogens (primary N) is 1. The minimum absolute atomic E-state index is 0.0551. The molecule has 5 rings (SSSR count). The van der Waals surface area contributed by atoms with Gasteiger partial charge in [-0.05, 0) is 65.9 Å². The number of amides is 2. The summed E-state index contributed by atoms with van der Waals surface area (Å²) in [7, 11) is 1.97. The number of thiophene rings is 1. The molecule has 17 nitrogen and oxygen atoms in total. The van der Waals surface area contributed by atoms with Gasteiger partial charge in [0.15, 0.2) is 11.2 Å². The zero-order valence-electron chi connectivity index (χ0n) is 31.1. The molecule has 0 aliphatic carbocycles. The van der Waals surface area contributed by atoms with Gasteiger partial charge < -0.3 is 41.2 Å². The molecule has 296 valence electrons. The molecule has 1 atom stereocenters. The first-order valence-electron chi connectivity index (χ1n) is 17.9. The van der Waals surface area contributed by atoms with Crippen molar-refractivity contribution in [1.82, 2.24) is 30.6 Å². The zero-order valence-corrected chi connectivity index (χ0v) is 31.9. The molecule has 0 bridgehead atoms. The first kappa shape index (κ1) is 41.5. The molecule has 2 amide bonds. The van der Waals surface area contributed by atoms with Crippen LogP contribution in [-0.2, 0) is 25.6 Å². The van der Waals surface area contributed by atoms with Crippen LogP contribution in [-0.4, -0.2) is 95.4 Å². The molecule has 1 unspecified atom stereocenters. The summed E-state index contributed by atoms with van der Waals surface area (Å²) in [5.41, 5.74) is 9.15.